The van der Waals surface area contributed by atoms with Crippen molar-refractivity contribution >= 4 is 40.1 Å². The first kappa shape index (κ1) is 20.0. The highest BCUT2D eigenvalue weighted by atomic mass is 35.5. The van der Waals surface area contributed by atoms with Crippen LogP contribution in [0.4, 0.5) is 0 Å². The Balaban J connectivity index is 2.30. The Morgan fingerprint density at radius 1 is 1.43 bits per heavy atom. The van der Waals surface area contributed by atoms with Crippen molar-refractivity contribution in [1.82, 2.24) is 4.98 Å². The third-order valence-corrected chi connectivity index (χ3v) is 4.92. The zero-order chi connectivity index (χ0) is 20.4. The molecule has 2 heterocycles. The summed E-state index contributed by atoms with van der Waals surface area (Å²) in [7, 11) is 0. The molecule has 0 saturated carbocycles. The van der Waals surface area contributed by atoms with Crippen LogP contribution in [0.15, 0.2) is 47.1 Å². The lowest BCUT2D eigenvalue weighted by molar-refractivity contribution is -0.139. The van der Waals surface area contributed by atoms with Gasteiger partial charge in [0.05, 0.1) is 29.5 Å². The molecule has 6 nitrogen and oxygen atoms in total. The third-order valence-electron chi connectivity index (χ3n) is 4.38. The van der Waals surface area contributed by atoms with Crippen molar-refractivity contribution in [3.63, 3.8) is 0 Å². The first-order valence-corrected chi connectivity index (χ1v) is 9.43. The molecule has 1 aliphatic heterocycles. The van der Waals surface area contributed by atoms with E-state index in [9.17, 15) is 10.1 Å². The molecule has 2 N–H and O–H groups in total. The smallest absolute Gasteiger partial charge is 0.338 e. The van der Waals surface area contributed by atoms with E-state index in [4.69, 9.17) is 38.4 Å². The van der Waals surface area contributed by atoms with Gasteiger partial charge >= 0.3 is 5.97 Å². The standard InChI is InChI=1S/C20H17Cl2N3O3/c1-3-27-20(26)17-15(8-21)28-19(24)13(9-23)16(17)12-7-11-6-10(2)4-5-14(11)25-18(12)22/h4-7,16H,3,8,24H2,1-2H3/t16-/m1/s1. The second-order valence-electron chi connectivity index (χ2n) is 6.18. The van der Waals surface area contributed by atoms with Crippen LogP contribution in [0, 0.1) is 18.3 Å². The van der Waals surface area contributed by atoms with E-state index in [-0.39, 0.29) is 40.4 Å². The van der Waals surface area contributed by atoms with Gasteiger partial charge in [0.2, 0.25) is 5.88 Å². The number of nitrogens with two attached hydrogens (primary N) is 1. The first-order chi connectivity index (χ1) is 13.4. The maximum atomic E-state index is 12.7. The molecule has 0 fully saturated rings. The largest absolute Gasteiger partial charge is 0.463 e. The monoisotopic (exact) mass is 417 g/mol. The van der Waals surface area contributed by atoms with Crippen molar-refractivity contribution in [3.8, 4) is 6.07 Å². The lowest BCUT2D eigenvalue weighted by Gasteiger charge is -2.27. The Bertz CT molecular complexity index is 1070. The van der Waals surface area contributed by atoms with E-state index in [1.807, 2.05) is 31.2 Å². The van der Waals surface area contributed by atoms with Crippen molar-refractivity contribution in [2.45, 2.75) is 19.8 Å². The van der Waals surface area contributed by atoms with E-state index in [1.54, 1.807) is 13.0 Å². The molecule has 0 amide bonds. The molecule has 1 atom stereocenters. The predicted octanol–water partition coefficient (Wildman–Crippen LogP) is 4.06. The van der Waals surface area contributed by atoms with Crippen LogP contribution < -0.4 is 5.73 Å². The Labute approximate surface area is 172 Å². The number of ether oxygens (including phenoxy) is 2. The summed E-state index contributed by atoms with van der Waals surface area (Å²) in [5.41, 5.74) is 8.26. The Morgan fingerprint density at radius 3 is 2.82 bits per heavy atom. The number of rotatable bonds is 4. The summed E-state index contributed by atoms with van der Waals surface area (Å²) in [6, 6.07) is 9.53. The fourth-order valence-electron chi connectivity index (χ4n) is 3.15. The first-order valence-electron chi connectivity index (χ1n) is 8.51. The van der Waals surface area contributed by atoms with Crippen molar-refractivity contribution < 1.29 is 14.3 Å². The normalized spacial score (nSPS) is 16.8. The molecule has 0 spiro atoms. The van der Waals surface area contributed by atoms with Crippen LogP contribution in [0.1, 0.15) is 24.0 Å². The minimum atomic E-state index is -0.892. The number of aromatic nitrogens is 1. The molecule has 144 valence electrons. The second-order valence-corrected chi connectivity index (χ2v) is 6.81. The molecular weight excluding hydrogens is 401 g/mol. The minimum absolute atomic E-state index is 0.0487. The summed E-state index contributed by atoms with van der Waals surface area (Å²) in [4.78, 5) is 17.1. The number of alkyl halides is 1. The van der Waals surface area contributed by atoms with Gasteiger partial charge in [0.15, 0.2) is 0 Å². The number of aryl methyl sites for hydroxylation is 1. The van der Waals surface area contributed by atoms with Gasteiger partial charge in [-0.05, 0) is 32.0 Å². The number of benzene rings is 1. The Morgan fingerprint density at radius 2 is 2.18 bits per heavy atom. The van der Waals surface area contributed by atoms with E-state index in [0.29, 0.717) is 11.1 Å². The topological polar surface area (TPSA) is 98.2 Å². The zero-order valence-electron chi connectivity index (χ0n) is 15.3. The number of pyridine rings is 1. The summed E-state index contributed by atoms with van der Waals surface area (Å²) in [6.45, 7) is 3.78. The van der Waals surface area contributed by atoms with Gasteiger partial charge in [0.25, 0.3) is 0 Å². The summed E-state index contributed by atoms with van der Waals surface area (Å²) in [5, 5.41) is 10.7. The van der Waals surface area contributed by atoms with Gasteiger partial charge < -0.3 is 15.2 Å². The second kappa shape index (κ2) is 8.09. The maximum Gasteiger partial charge on any atom is 0.338 e. The molecule has 0 radical (unpaired) electrons. The van der Waals surface area contributed by atoms with Crippen molar-refractivity contribution in [3.05, 3.63) is 63.3 Å². The summed E-state index contributed by atoms with van der Waals surface area (Å²) >= 11 is 12.4. The van der Waals surface area contributed by atoms with Crippen LogP contribution in [0.2, 0.25) is 5.15 Å². The molecule has 28 heavy (non-hydrogen) atoms. The molecule has 0 bridgehead atoms. The van der Waals surface area contributed by atoms with Crippen LogP contribution in [0.25, 0.3) is 10.9 Å². The van der Waals surface area contributed by atoms with E-state index in [2.05, 4.69) is 4.98 Å². The number of carbonyl (C=O) groups excluding carboxylic acids is 1. The summed E-state index contributed by atoms with van der Waals surface area (Å²) in [6.07, 6.45) is 0. The number of nitriles is 1. The van der Waals surface area contributed by atoms with E-state index >= 15 is 0 Å². The van der Waals surface area contributed by atoms with Gasteiger partial charge in [-0.2, -0.15) is 5.26 Å². The van der Waals surface area contributed by atoms with Gasteiger partial charge in [-0.25, -0.2) is 9.78 Å². The summed E-state index contributed by atoms with van der Waals surface area (Å²) < 4.78 is 10.6. The van der Waals surface area contributed by atoms with E-state index in [0.717, 1.165) is 10.9 Å². The SMILES string of the molecule is CCOC(=O)C1=C(CCl)OC(N)=C(C#N)[C@H]1c1cc2cc(C)ccc2nc1Cl. The van der Waals surface area contributed by atoms with Crippen LogP contribution in [0.5, 0.6) is 0 Å². The number of esters is 1. The highest BCUT2D eigenvalue weighted by Crippen LogP contribution is 2.42. The van der Waals surface area contributed by atoms with Crippen molar-refractivity contribution in [2.75, 3.05) is 12.5 Å². The Hall–Kier alpha value is -2.75. The minimum Gasteiger partial charge on any atom is -0.463 e. The summed E-state index contributed by atoms with van der Waals surface area (Å²) in [5.74, 6) is -1.67. The van der Waals surface area contributed by atoms with Crippen LogP contribution in [0.3, 0.4) is 0 Å². The Kier molecular flexibility index (Phi) is 5.78. The molecule has 1 aliphatic rings. The maximum absolute atomic E-state index is 12.7. The van der Waals surface area contributed by atoms with Gasteiger partial charge in [-0.3, -0.25) is 0 Å². The lowest BCUT2D eigenvalue weighted by atomic mass is 9.83. The molecule has 2 aromatic rings. The number of halogens is 2. The highest BCUT2D eigenvalue weighted by molar-refractivity contribution is 6.31. The molecule has 0 saturated heterocycles. The lowest BCUT2D eigenvalue weighted by Crippen LogP contribution is -2.27. The number of nitrogens with zero attached hydrogens (tertiary/aromatic N) is 2. The number of carbonyl (C=O) groups is 1. The van der Waals surface area contributed by atoms with Crippen molar-refractivity contribution in [1.29, 1.82) is 5.26 Å². The van der Waals surface area contributed by atoms with Crippen molar-refractivity contribution in [2.24, 2.45) is 5.73 Å². The molecule has 3 rings (SSSR count). The van der Waals surface area contributed by atoms with E-state index in [1.165, 1.54) is 0 Å². The molecule has 1 aromatic carbocycles. The van der Waals surface area contributed by atoms with Crippen LogP contribution in [-0.4, -0.2) is 23.4 Å². The fraction of sp³-hybridized carbons (Fsp3) is 0.250. The number of allylic oxidation sites excluding steroid dienone is 2. The van der Waals surface area contributed by atoms with E-state index < -0.39 is 11.9 Å². The fourth-order valence-corrected chi connectivity index (χ4v) is 3.61. The molecular formula is C20H17Cl2N3O3. The molecule has 8 heteroatoms. The van der Waals surface area contributed by atoms with Gasteiger partial charge in [-0.1, -0.05) is 23.2 Å². The average Bonchev–Trinajstić information content (AvgIpc) is 2.67. The molecule has 0 aliphatic carbocycles. The number of hydrogen-bond acceptors (Lipinski definition) is 6. The van der Waals surface area contributed by atoms with Gasteiger partial charge in [0, 0.05) is 10.9 Å². The van der Waals surface area contributed by atoms with Crippen LogP contribution in [-0.2, 0) is 14.3 Å². The molecule has 0 unspecified atom stereocenters. The number of fused-ring (bicyclic) bond motifs is 1. The van der Waals surface area contributed by atoms with Crippen LogP contribution >= 0.6 is 23.2 Å². The molecule has 1 aromatic heterocycles. The average molecular weight is 418 g/mol. The highest BCUT2D eigenvalue weighted by Gasteiger charge is 2.38. The number of hydrogen-bond donors (Lipinski definition) is 1. The van der Waals surface area contributed by atoms with Gasteiger partial charge in [-0.15, -0.1) is 11.6 Å². The predicted molar refractivity (Wildman–Crippen MR) is 107 cm³/mol. The third kappa shape index (κ3) is 3.51. The zero-order valence-corrected chi connectivity index (χ0v) is 16.8. The van der Waals surface area contributed by atoms with Gasteiger partial charge in [0.1, 0.15) is 22.6 Å². The quantitative estimate of drug-likeness (QED) is 0.457.